The molecule has 0 aromatic heterocycles. The molecule has 0 fully saturated rings. The number of nitriles is 1. The second-order valence-corrected chi connectivity index (χ2v) is 3.12. The molecule has 0 aliphatic carbocycles. The zero-order chi connectivity index (χ0) is 13.9. The molecule has 0 bridgehead atoms. The molecule has 0 radical (unpaired) electrons. The molecule has 5 nitrogen and oxygen atoms in total. The van der Waals surface area contributed by atoms with Crippen molar-refractivity contribution in [3.8, 4) is 11.8 Å². The monoisotopic (exact) mass is 261 g/mol. The zero-order valence-electron chi connectivity index (χ0n) is 8.60. The number of aliphatic hydroxyl groups is 1. The Morgan fingerprint density at radius 2 is 2.06 bits per heavy atom. The van der Waals surface area contributed by atoms with E-state index < -0.39 is 35.3 Å². The highest BCUT2D eigenvalue weighted by Crippen LogP contribution is 2.33. The van der Waals surface area contributed by atoms with E-state index in [2.05, 4.69) is 4.74 Å². The van der Waals surface area contributed by atoms with Crippen LogP contribution in [-0.2, 0) is 4.79 Å². The van der Waals surface area contributed by atoms with E-state index in [0.29, 0.717) is 0 Å². The first-order valence-corrected chi connectivity index (χ1v) is 4.46. The number of carbonyl (C=O) groups is 1. The number of carboxylic acids is 1. The average Bonchev–Trinajstić information content (AvgIpc) is 2.26. The first kappa shape index (κ1) is 13.8. The maximum Gasteiger partial charge on any atom is 0.573 e. The summed E-state index contributed by atoms with van der Waals surface area (Å²) in [5.41, 5.74) is -1.16. The third kappa shape index (κ3) is 3.11. The Bertz CT molecular complexity index is 507. The molecule has 0 spiro atoms. The van der Waals surface area contributed by atoms with Crippen molar-refractivity contribution < 1.29 is 32.9 Å². The van der Waals surface area contributed by atoms with Crippen LogP contribution >= 0.6 is 0 Å². The standard InChI is InChI=1S/C10H6F3NO4/c11-10(12,13)18-8-5(4-14)2-1-3-6(8)7(15)9(16)17/h1-3,7,15H,(H,16,17). The van der Waals surface area contributed by atoms with Gasteiger partial charge in [-0.1, -0.05) is 12.1 Å². The molecule has 0 amide bonds. The SMILES string of the molecule is N#Cc1cccc(C(O)C(=O)O)c1OC(F)(F)F. The van der Waals surface area contributed by atoms with Crippen LogP contribution in [0.4, 0.5) is 13.2 Å². The van der Waals surface area contributed by atoms with Gasteiger partial charge >= 0.3 is 12.3 Å². The fourth-order valence-corrected chi connectivity index (χ4v) is 1.22. The number of aliphatic carboxylic acids is 1. The van der Waals surface area contributed by atoms with E-state index in [-0.39, 0.29) is 0 Å². The number of nitrogens with zero attached hydrogens (tertiary/aromatic N) is 1. The van der Waals surface area contributed by atoms with Gasteiger partial charge in [-0.3, -0.25) is 0 Å². The molecule has 0 aliphatic heterocycles. The molecule has 1 aromatic carbocycles. The first-order chi connectivity index (χ1) is 8.26. The Kier molecular flexibility index (Phi) is 3.78. The number of carboxylic acid groups (broad SMARTS) is 1. The second kappa shape index (κ2) is 4.93. The van der Waals surface area contributed by atoms with Gasteiger partial charge in [-0.2, -0.15) is 5.26 Å². The van der Waals surface area contributed by atoms with Crippen molar-refractivity contribution in [2.75, 3.05) is 0 Å². The minimum absolute atomic E-state index is 0.523. The molecular formula is C10H6F3NO4. The highest BCUT2D eigenvalue weighted by molar-refractivity contribution is 5.75. The normalized spacial score (nSPS) is 12.6. The van der Waals surface area contributed by atoms with Crippen molar-refractivity contribution in [2.45, 2.75) is 12.5 Å². The van der Waals surface area contributed by atoms with E-state index in [0.717, 1.165) is 18.2 Å². The molecule has 1 atom stereocenters. The number of ether oxygens (including phenoxy) is 1. The van der Waals surface area contributed by atoms with Gasteiger partial charge in [0.05, 0.1) is 5.56 Å². The fraction of sp³-hybridized carbons (Fsp3) is 0.200. The van der Waals surface area contributed by atoms with Crippen LogP contribution in [0.5, 0.6) is 5.75 Å². The Hall–Kier alpha value is -2.27. The van der Waals surface area contributed by atoms with E-state index in [9.17, 15) is 23.1 Å². The van der Waals surface area contributed by atoms with Gasteiger partial charge in [0.1, 0.15) is 6.07 Å². The van der Waals surface area contributed by atoms with Crippen LogP contribution in [0.2, 0.25) is 0 Å². The third-order valence-corrected chi connectivity index (χ3v) is 1.91. The number of benzene rings is 1. The minimum atomic E-state index is -5.10. The summed E-state index contributed by atoms with van der Waals surface area (Å²) < 4.78 is 40.0. The Labute approximate surface area is 98.6 Å². The van der Waals surface area contributed by atoms with E-state index >= 15 is 0 Å². The van der Waals surface area contributed by atoms with Gasteiger partial charge in [-0.05, 0) is 6.07 Å². The van der Waals surface area contributed by atoms with Crippen LogP contribution in [0.25, 0.3) is 0 Å². The number of hydrogen-bond donors (Lipinski definition) is 2. The molecule has 1 aromatic rings. The molecule has 96 valence electrons. The van der Waals surface area contributed by atoms with Crippen molar-refractivity contribution >= 4 is 5.97 Å². The van der Waals surface area contributed by atoms with E-state index in [1.807, 2.05) is 0 Å². The molecule has 1 rings (SSSR count). The molecule has 8 heteroatoms. The van der Waals surface area contributed by atoms with E-state index in [1.165, 1.54) is 6.07 Å². The molecule has 0 aliphatic rings. The summed E-state index contributed by atoms with van der Waals surface area (Å²) in [5.74, 6) is -2.76. The van der Waals surface area contributed by atoms with Gasteiger partial charge in [0.15, 0.2) is 11.9 Å². The molecule has 0 heterocycles. The lowest BCUT2D eigenvalue weighted by Crippen LogP contribution is -2.21. The largest absolute Gasteiger partial charge is 0.573 e. The average molecular weight is 261 g/mol. The summed E-state index contributed by atoms with van der Waals surface area (Å²) in [6.07, 6.45) is -7.31. The number of rotatable bonds is 3. The quantitative estimate of drug-likeness (QED) is 0.861. The van der Waals surface area contributed by atoms with Gasteiger partial charge in [0.25, 0.3) is 0 Å². The minimum Gasteiger partial charge on any atom is -0.479 e. The van der Waals surface area contributed by atoms with Crippen LogP contribution in [0.3, 0.4) is 0 Å². The maximum atomic E-state index is 12.1. The molecule has 0 saturated heterocycles. The predicted molar refractivity (Wildman–Crippen MR) is 50.4 cm³/mol. The lowest BCUT2D eigenvalue weighted by atomic mass is 10.0. The molecule has 1 unspecified atom stereocenters. The van der Waals surface area contributed by atoms with Crippen molar-refractivity contribution in [3.05, 3.63) is 29.3 Å². The summed E-state index contributed by atoms with van der Waals surface area (Å²) >= 11 is 0. The Balaban J connectivity index is 3.35. The summed E-state index contributed by atoms with van der Waals surface area (Å²) in [6, 6.07) is 4.51. The topological polar surface area (TPSA) is 90.5 Å². The number of halogens is 3. The Morgan fingerprint density at radius 1 is 1.44 bits per heavy atom. The lowest BCUT2D eigenvalue weighted by molar-refractivity contribution is -0.275. The van der Waals surface area contributed by atoms with Gasteiger partial charge in [-0.15, -0.1) is 13.2 Å². The van der Waals surface area contributed by atoms with Crippen molar-refractivity contribution in [2.24, 2.45) is 0 Å². The number of para-hydroxylation sites is 1. The fourth-order valence-electron chi connectivity index (χ4n) is 1.22. The van der Waals surface area contributed by atoms with Crippen molar-refractivity contribution in [3.63, 3.8) is 0 Å². The number of hydrogen-bond acceptors (Lipinski definition) is 4. The Morgan fingerprint density at radius 3 is 2.50 bits per heavy atom. The lowest BCUT2D eigenvalue weighted by Gasteiger charge is -2.15. The van der Waals surface area contributed by atoms with Gasteiger partial charge in [0.2, 0.25) is 0 Å². The van der Waals surface area contributed by atoms with Crippen molar-refractivity contribution in [1.29, 1.82) is 5.26 Å². The van der Waals surface area contributed by atoms with E-state index in [4.69, 9.17) is 10.4 Å². The summed E-state index contributed by atoms with van der Waals surface area (Å²) in [5, 5.41) is 26.4. The van der Waals surface area contributed by atoms with Crippen LogP contribution in [0, 0.1) is 11.3 Å². The van der Waals surface area contributed by atoms with Crippen molar-refractivity contribution in [1.82, 2.24) is 0 Å². The molecule has 0 saturated carbocycles. The number of alkyl halides is 3. The highest BCUT2D eigenvalue weighted by atomic mass is 19.4. The molecular weight excluding hydrogens is 255 g/mol. The van der Waals surface area contributed by atoms with Gasteiger partial charge in [-0.25, -0.2) is 4.79 Å². The van der Waals surface area contributed by atoms with Crippen LogP contribution in [0.15, 0.2) is 18.2 Å². The third-order valence-electron chi connectivity index (χ3n) is 1.91. The highest BCUT2D eigenvalue weighted by Gasteiger charge is 2.35. The summed E-state index contributed by atoms with van der Waals surface area (Å²) in [6.45, 7) is 0. The predicted octanol–water partition coefficient (Wildman–Crippen LogP) is 1.57. The second-order valence-electron chi connectivity index (χ2n) is 3.12. The van der Waals surface area contributed by atoms with Gasteiger partial charge in [0, 0.05) is 5.56 Å². The van der Waals surface area contributed by atoms with Crippen LogP contribution in [0.1, 0.15) is 17.2 Å². The molecule has 2 N–H and O–H groups in total. The first-order valence-electron chi connectivity index (χ1n) is 4.46. The van der Waals surface area contributed by atoms with Gasteiger partial charge < -0.3 is 14.9 Å². The van der Waals surface area contributed by atoms with E-state index in [1.54, 1.807) is 0 Å². The smallest absolute Gasteiger partial charge is 0.479 e. The summed E-state index contributed by atoms with van der Waals surface area (Å²) in [4.78, 5) is 10.5. The van der Waals surface area contributed by atoms with Crippen LogP contribution in [-0.4, -0.2) is 22.5 Å². The number of aliphatic hydroxyl groups excluding tert-OH is 1. The zero-order valence-corrected chi connectivity index (χ0v) is 8.60. The van der Waals surface area contributed by atoms with Crippen LogP contribution < -0.4 is 4.74 Å². The maximum absolute atomic E-state index is 12.1. The molecule has 18 heavy (non-hydrogen) atoms. The summed E-state index contributed by atoms with van der Waals surface area (Å²) in [7, 11) is 0.